The van der Waals surface area contributed by atoms with Gasteiger partial charge >= 0.3 is 0 Å². The van der Waals surface area contributed by atoms with Crippen molar-refractivity contribution in [3.63, 3.8) is 0 Å². The number of nitrogens with zero attached hydrogens (tertiary/aromatic N) is 5. The molecule has 1 saturated heterocycles. The van der Waals surface area contributed by atoms with E-state index >= 15 is 0 Å². The van der Waals surface area contributed by atoms with Crippen molar-refractivity contribution in [3.8, 4) is 6.07 Å². The van der Waals surface area contributed by atoms with Crippen LogP contribution in [0.25, 0.3) is 11.0 Å². The third kappa shape index (κ3) is 3.71. The van der Waals surface area contributed by atoms with Crippen LogP contribution in [-0.4, -0.2) is 45.5 Å². The smallest absolute Gasteiger partial charge is 0.251 e. The minimum Gasteiger partial charge on any atom is -0.351 e. The number of aryl methyl sites for hydroxylation is 1. The predicted molar refractivity (Wildman–Crippen MR) is 113 cm³/mol. The van der Waals surface area contributed by atoms with E-state index in [1.807, 2.05) is 30.5 Å². The lowest BCUT2D eigenvalue weighted by Crippen LogP contribution is -2.52. The Morgan fingerprint density at radius 3 is 2.76 bits per heavy atom. The highest BCUT2D eigenvalue weighted by Crippen LogP contribution is 2.26. The molecule has 0 radical (unpaired) electrons. The van der Waals surface area contributed by atoms with Crippen LogP contribution in [0.2, 0.25) is 0 Å². The van der Waals surface area contributed by atoms with E-state index in [2.05, 4.69) is 44.7 Å². The molecule has 4 heterocycles. The molecule has 7 nitrogen and oxygen atoms in total. The van der Waals surface area contributed by atoms with Crippen LogP contribution in [-0.2, 0) is 0 Å². The molecule has 3 aromatic heterocycles. The molecular weight excluding hydrogens is 364 g/mol. The first-order chi connectivity index (χ1) is 14.0. The Bertz CT molecular complexity index is 1130. The van der Waals surface area contributed by atoms with Crippen molar-refractivity contribution >= 4 is 16.9 Å². The van der Waals surface area contributed by atoms with Crippen LogP contribution in [0.4, 0.5) is 5.82 Å². The van der Waals surface area contributed by atoms with Gasteiger partial charge in [0, 0.05) is 49.7 Å². The number of H-pyrrole nitrogens is 1. The zero-order valence-electron chi connectivity index (χ0n) is 16.9. The molecule has 0 bridgehead atoms. The van der Waals surface area contributed by atoms with Gasteiger partial charge in [-0.05, 0) is 50.6 Å². The Balaban J connectivity index is 1.51. The van der Waals surface area contributed by atoms with E-state index in [4.69, 9.17) is 5.26 Å². The molecule has 7 heteroatoms. The van der Waals surface area contributed by atoms with Gasteiger partial charge in [-0.1, -0.05) is 0 Å². The lowest BCUT2D eigenvalue weighted by molar-refractivity contribution is 0.175. The number of hydrogen-bond donors (Lipinski definition) is 1. The first-order valence-electron chi connectivity index (χ1n) is 9.82. The summed E-state index contributed by atoms with van der Waals surface area (Å²) in [5.74, 6) is 0.907. The molecule has 29 heavy (non-hydrogen) atoms. The SMILES string of the molecule is Cc1cc2ncc([C@@H](C)N3CCN(c4ccc(C#N)cn4)[C@H](C)C3)cc2[nH]c1=O. The van der Waals surface area contributed by atoms with E-state index in [1.54, 1.807) is 13.1 Å². The monoisotopic (exact) mass is 388 g/mol. The first kappa shape index (κ1) is 19.1. The molecule has 0 saturated carbocycles. The number of aromatic nitrogens is 3. The van der Waals surface area contributed by atoms with Crippen LogP contribution in [0.15, 0.2) is 41.5 Å². The number of piperazine rings is 1. The van der Waals surface area contributed by atoms with E-state index in [0.717, 1.165) is 42.0 Å². The summed E-state index contributed by atoms with van der Waals surface area (Å²) in [6.07, 6.45) is 3.53. The fourth-order valence-corrected chi connectivity index (χ4v) is 3.94. The maximum absolute atomic E-state index is 11.9. The summed E-state index contributed by atoms with van der Waals surface area (Å²) < 4.78 is 0. The number of nitriles is 1. The molecule has 1 N–H and O–H groups in total. The third-order valence-corrected chi connectivity index (χ3v) is 5.76. The zero-order chi connectivity index (χ0) is 20.5. The molecule has 1 aliphatic rings. The highest BCUT2D eigenvalue weighted by molar-refractivity contribution is 5.74. The molecule has 3 aromatic rings. The standard InChI is InChI=1S/C22H24N6O/c1-14-8-19-20(26-22(14)29)9-18(12-24-19)16(3)27-6-7-28(15(2)13-27)21-5-4-17(10-23)11-25-21/h4-5,8-9,11-12,15-16H,6-7,13H2,1-3H3,(H,26,29)/t15-,16-/m1/s1. The van der Waals surface area contributed by atoms with Gasteiger partial charge in [-0.25, -0.2) is 4.98 Å². The molecule has 2 atom stereocenters. The summed E-state index contributed by atoms with van der Waals surface area (Å²) >= 11 is 0. The van der Waals surface area contributed by atoms with Crippen molar-refractivity contribution in [1.29, 1.82) is 5.26 Å². The fraction of sp³-hybridized carbons (Fsp3) is 0.364. The van der Waals surface area contributed by atoms with Gasteiger partial charge in [0.25, 0.3) is 5.56 Å². The lowest BCUT2D eigenvalue weighted by Gasteiger charge is -2.43. The number of nitrogens with one attached hydrogen (secondary N) is 1. The van der Waals surface area contributed by atoms with Gasteiger partial charge in [0.05, 0.1) is 16.6 Å². The van der Waals surface area contributed by atoms with E-state index in [9.17, 15) is 4.79 Å². The summed E-state index contributed by atoms with van der Waals surface area (Å²) in [5.41, 5.74) is 3.86. The van der Waals surface area contributed by atoms with E-state index in [1.165, 1.54) is 0 Å². The largest absolute Gasteiger partial charge is 0.351 e. The minimum atomic E-state index is -0.0683. The summed E-state index contributed by atoms with van der Waals surface area (Å²) in [6.45, 7) is 8.82. The summed E-state index contributed by atoms with van der Waals surface area (Å²) in [4.78, 5) is 28.6. The van der Waals surface area contributed by atoms with Crippen LogP contribution in [0.3, 0.4) is 0 Å². The van der Waals surface area contributed by atoms with E-state index in [-0.39, 0.29) is 11.6 Å². The van der Waals surface area contributed by atoms with Gasteiger partial charge in [0.1, 0.15) is 11.9 Å². The number of hydrogen-bond acceptors (Lipinski definition) is 6. The second kappa shape index (κ2) is 7.64. The molecule has 148 valence electrons. The third-order valence-electron chi connectivity index (χ3n) is 5.76. The number of anilines is 1. The quantitative estimate of drug-likeness (QED) is 0.742. The van der Waals surface area contributed by atoms with E-state index < -0.39 is 0 Å². The lowest BCUT2D eigenvalue weighted by atomic mass is 10.0. The van der Waals surface area contributed by atoms with Crippen molar-refractivity contribution in [1.82, 2.24) is 19.9 Å². The Labute approximate surface area is 169 Å². The fourth-order valence-electron chi connectivity index (χ4n) is 3.94. The summed E-state index contributed by atoms with van der Waals surface area (Å²) in [6, 6.07) is 10.2. The predicted octanol–water partition coefficient (Wildman–Crippen LogP) is 2.77. The highest BCUT2D eigenvalue weighted by Gasteiger charge is 2.28. The van der Waals surface area contributed by atoms with Gasteiger partial charge in [0.15, 0.2) is 0 Å². The van der Waals surface area contributed by atoms with Crippen LogP contribution in [0.1, 0.15) is 36.6 Å². The molecule has 0 amide bonds. The molecular formula is C22H24N6O. The molecule has 0 spiro atoms. The normalized spacial score (nSPS) is 18.6. The van der Waals surface area contributed by atoms with Crippen LogP contribution >= 0.6 is 0 Å². The second-order valence-electron chi connectivity index (χ2n) is 7.71. The van der Waals surface area contributed by atoms with Gasteiger partial charge < -0.3 is 9.88 Å². The maximum Gasteiger partial charge on any atom is 0.251 e. The first-order valence-corrected chi connectivity index (χ1v) is 9.82. The summed E-state index contributed by atoms with van der Waals surface area (Å²) in [7, 11) is 0. The van der Waals surface area contributed by atoms with Crippen LogP contribution < -0.4 is 10.5 Å². The van der Waals surface area contributed by atoms with Crippen molar-refractivity contribution in [2.45, 2.75) is 32.9 Å². The molecule has 1 fully saturated rings. The van der Waals surface area contributed by atoms with E-state index in [0.29, 0.717) is 17.2 Å². The van der Waals surface area contributed by atoms with Gasteiger partial charge in [-0.15, -0.1) is 0 Å². The van der Waals surface area contributed by atoms with Crippen molar-refractivity contribution in [2.24, 2.45) is 0 Å². The van der Waals surface area contributed by atoms with Crippen LogP contribution in [0.5, 0.6) is 0 Å². The van der Waals surface area contributed by atoms with Crippen molar-refractivity contribution in [3.05, 3.63) is 63.7 Å². The van der Waals surface area contributed by atoms with Crippen LogP contribution in [0, 0.1) is 18.3 Å². The van der Waals surface area contributed by atoms with Crippen molar-refractivity contribution < 1.29 is 0 Å². The molecule has 0 aromatic carbocycles. The second-order valence-corrected chi connectivity index (χ2v) is 7.71. The van der Waals surface area contributed by atoms with Gasteiger partial charge in [0.2, 0.25) is 0 Å². The highest BCUT2D eigenvalue weighted by atomic mass is 16.1. The van der Waals surface area contributed by atoms with Gasteiger partial charge in [-0.3, -0.25) is 14.7 Å². The van der Waals surface area contributed by atoms with Gasteiger partial charge in [-0.2, -0.15) is 5.26 Å². The Morgan fingerprint density at radius 1 is 1.24 bits per heavy atom. The Morgan fingerprint density at radius 2 is 2.07 bits per heavy atom. The summed E-state index contributed by atoms with van der Waals surface area (Å²) in [5, 5.41) is 8.95. The number of aromatic amines is 1. The Kier molecular flexibility index (Phi) is 5.03. The molecule has 4 rings (SSSR count). The maximum atomic E-state index is 11.9. The molecule has 0 aliphatic carbocycles. The number of pyridine rings is 3. The minimum absolute atomic E-state index is 0.0683. The van der Waals surface area contributed by atoms with Crippen molar-refractivity contribution in [2.75, 3.05) is 24.5 Å². The number of fused-ring (bicyclic) bond motifs is 1. The zero-order valence-corrected chi connectivity index (χ0v) is 16.9. The molecule has 1 aliphatic heterocycles. The average Bonchev–Trinajstić information content (AvgIpc) is 2.74. The topological polar surface area (TPSA) is 88.9 Å². The average molecular weight is 388 g/mol. The Hall–Kier alpha value is -3.24. The molecule has 0 unspecified atom stereocenters. The number of rotatable bonds is 3.